The smallest absolute Gasteiger partial charge is 0.129 e. The van der Waals surface area contributed by atoms with Gasteiger partial charge in [-0.15, -0.1) is 0 Å². The normalized spacial score (nSPS) is 9.88. The standard InChI is InChI=1S/C20H25NO2.C2H6/c1-17(22)8-5-6-13-21-15-19-11-7-12-20(14-19)23-16-18-9-3-2-4-10-18;1-2/h2-4,7,9-12,14,21H,5-6,8,13,15-16H2,1H3;1-2H3. The molecular formula is C22H31NO2. The third-order valence-electron chi connectivity index (χ3n) is 3.61. The van der Waals surface area contributed by atoms with Gasteiger partial charge in [-0.05, 0) is 49.6 Å². The Kier molecular flexibility index (Phi) is 11.0. The van der Waals surface area contributed by atoms with Gasteiger partial charge in [0.15, 0.2) is 0 Å². The fourth-order valence-electron chi connectivity index (χ4n) is 2.34. The van der Waals surface area contributed by atoms with E-state index in [4.69, 9.17) is 4.74 Å². The molecule has 0 spiro atoms. The maximum absolute atomic E-state index is 10.9. The fourth-order valence-corrected chi connectivity index (χ4v) is 2.34. The van der Waals surface area contributed by atoms with E-state index in [1.165, 1.54) is 11.1 Å². The first-order chi connectivity index (χ1) is 12.2. The van der Waals surface area contributed by atoms with E-state index in [-0.39, 0.29) is 5.78 Å². The second kappa shape index (κ2) is 13.2. The quantitative estimate of drug-likeness (QED) is 0.608. The monoisotopic (exact) mass is 341 g/mol. The highest BCUT2D eigenvalue weighted by atomic mass is 16.5. The van der Waals surface area contributed by atoms with E-state index in [0.717, 1.165) is 31.7 Å². The molecule has 1 N–H and O–H groups in total. The molecular weight excluding hydrogens is 310 g/mol. The van der Waals surface area contributed by atoms with Crippen molar-refractivity contribution in [1.29, 1.82) is 0 Å². The lowest BCUT2D eigenvalue weighted by atomic mass is 10.2. The Balaban J connectivity index is 0.00000151. The Morgan fingerprint density at radius 1 is 0.960 bits per heavy atom. The average Bonchev–Trinajstić information content (AvgIpc) is 2.65. The number of Topliss-reactive ketones (excluding diaryl/α,β-unsaturated/α-hetero) is 1. The van der Waals surface area contributed by atoms with Crippen LogP contribution in [0.3, 0.4) is 0 Å². The summed E-state index contributed by atoms with van der Waals surface area (Å²) >= 11 is 0. The number of carbonyl (C=O) groups is 1. The van der Waals surface area contributed by atoms with Crippen LogP contribution in [0.25, 0.3) is 0 Å². The molecule has 0 aromatic heterocycles. The fraction of sp³-hybridized carbons (Fsp3) is 0.409. The molecule has 0 saturated heterocycles. The predicted octanol–water partition coefficient (Wildman–Crippen LogP) is 5.14. The highest BCUT2D eigenvalue weighted by molar-refractivity contribution is 5.75. The molecule has 0 unspecified atom stereocenters. The first-order valence-corrected chi connectivity index (χ1v) is 9.20. The van der Waals surface area contributed by atoms with E-state index in [1.807, 2.05) is 44.2 Å². The van der Waals surface area contributed by atoms with Crippen LogP contribution < -0.4 is 10.1 Å². The summed E-state index contributed by atoms with van der Waals surface area (Å²) in [5.41, 5.74) is 2.38. The summed E-state index contributed by atoms with van der Waals surface area (Å²) in [7, 11) is 0. The Morgan fingerprint density at radius 2 is 1.68 bits per heavy atom. The van der Waals surface area contributed by atoms with Gasteiger partial charge in [-0.1, -0.05) is 56.3 Å². The van der Waals surface area contributed by atoms with Gasteiger partial charge < -0.3 is 14.8 Å². The molecule has 2 aromatic carbocycles. The van der Waals surface area contributed by atoms with Crippen molar-refractivity contribution in [2.45, 2.75) is 53.2 Å². The second-order valence-electron chi connectivity index (χ2n) is 5.76. The SMILES string of the molecule is CC.CC(=O)CCCCNCc1cccc(OCc2ccccc2)c1. The van der Waals surface area contributed by atoms with Crippen molar-refractivity contribution in [1.82, 2.24) is 5.32 Å². The number of ether oxygens (including phenoxy) is 1. The van der Waals surface area contributed by atoms with Gasteiger partial charge in [0.1, 0.15) is 18.1 Å². The minimum Gasteiger partial charge on any atom is -0.489 e. The molecule has 3 nitrogen and oxygen atoms in total. The van der Waals surface area contributed by atoms with Crippen LogP contribution in [-0.4, -0.2) is 12.3 Å². The maximum atomic E-state index is 10.9. The van der Waals surface area contributed by atoms with Gasteiger partial charge in [-0.3, -0.25) is 0 Å². The number of nitrogens with one attached hydrogen (secondary N) is 1. The molecule has 25 heavy (non-hydrogen) atoms. The van der Waals surface area contributed by atoms with Gasteiger partial charge in [0.25, 0.3) is 0 Å². The van der Waals surface area contributed by atoms with Crippen molar-refractivity contribution in [3.8, 4) is 5.75 Å². The van der Waals surface area contributed by atoms with Gasteiger partial charge in [0, 0.05) is 13.0 Å². The van der Waals surface area contributed by atoms with Gasteiger partial charge >= 0.3 is 0 Å². The highest BCUT2D eigenvalue weighted by Gasteiger charge is 1.99. The summed E-state index contributed by atoms with van der Waals surface area (Å²) in [4.78, 5) is 10.9. The topological polar surface area (TPSA) is 38.3 Å². The van der Waals surface area contributed by atoms with Gasteiger partial charge in [0.2, 0.25) is 0 Å². The van der Waals surface area contributed by atoms with Crippen LogP contribution in [0, 0.1) is 0 Å². The average molecular weight is 341 g/mol. The molecule has 2 rings (SSSR count). The molecule has 136 valence electrons. The Bertz CT molecular complexity index is 596. The number of rotatable bonds is 10. The van der Waals surface area contributed by atoms with Crippen molar-refractivity contribution in [3.05, 3.63) is 65.7 Å². The molecule has 0 aliphatic carbocycles. The zero-order valence-electron chi connectivity index (χ0n) is 15.8. The van der Waals surface area contributed by atoms with E-state index in [0.29, 0.717) is 13.0 Å². The van der Waals surface area contributed by atoms with Crippen molar-refractivity contribution < 1.29 is 9.53 Å². The molecule has 0 atom stereocenters. The molecule has 0 fully saturated rings. The highest BCUT2D eigenvalue weighted by Crippen LogP contribution is 2.15. The lowest BCUT2D eigenvalue weighted by Gasteiger charge is -2.09. The van der Waals surface area contributed by atoms with E-state index < -0.39 is 0 Å². The van der Waals surface area contributed by atoms with Crippen LogP contribution >= 0.6 is 0 Å². The summed E-state index contributed by atoms with van der Waals surface area (Å²) in [6.45, 7) is 7.99. The molecule has 0 aliphatic heterocycles. The Morgan fingerprint density at radius 3 is 2.40 bits per heavy atom. The summed E-state index contributed by atoms with van der Waals surface area (Å²) in [5, 5.41) is 3.41. The van der Waals surface area contributed by atoms with Crippen LogP contribution in [0.2, 0.25) is 0 Å². The maximum Gasteiger partial charge on any atom is 0.129 e. The number of unbranched alkanes of at least 4 members (excludes halogenated alkanes) is 1. The number of ketones is 1. The number of carbonyl (C=O) groups excluding carboxylic acids is 1. The van der Waals surface area contributed by atoms with Crippen LogP contribution in [0.4, 0.5) is 0 Å². The van der Waals surface area contributed by atoms with Crippen molar-refractivity contribution >= 4 is 5.78 Å². The molecule has 0 bridgehead atoms. The molecule has 0 saturated carbocycles. The summed E-state index contributed by atoms with van der Waals surface area (Å²) in [6.07, 6.45) is 2.68. The third kappa shape index (κ3) is 9.68. The lowest BCUT2D eigenvalue weighted by Crippen LogP contribution is -2.14. The molecule has 2 aromatic rings. The molecule has 0 aliphatic rings. The van der Waals surface area contributed by atoms with E-state index in [2.05, 4.69) is 29.6 Å². The minimum absolute atomic E-state index is 0.272. The number of benzene rings is 2. The predicted molar refractivity (Wildman–Crippen MR) is 105 cm³/mol. The molecule has 3 heteroatoms. The number of hydrogen-bond acceptors (Lipinski definition) is 3. The molecule has 0 amide bonds. The Labute approximate surface area is 152 Å². The first-order valence-electron chi connectivity index (χ1n) is 9.20. The van der Waals surface area contributed by atoms with E-state index >= 15 is 0 Å². The number of hydrogen-bond donors (Lipinski definition) is 1. The van der Waals surface area contributed by atoms with Crippen LogP contribution in [0.15, 0.2) is 54.6 Å². The van der Waals surface area contributed by atoms with Gasteiger partial charge in [0.05, 0.1) is 0 Å². The largest absolute Gasteiger partial charge is 0.489 e. The van der Waals surface area contributed by atoms with Gasteiger partial charge in [-0.2, -0.15) is 0 Å². The van der Waals surface area contributed by atoms with Crippen molar-refractivity contribution in [2.75, 3.05) is 6.54 Å². The second-order valence-corrected chi connectivity index (χ2v) is 5.76. The van der Waals surface area contributed by atoms with E-state index in [9.17, 15) is 4.79 Å². The van der Waals surface area contributed by atoms with Crippen LogP contribution in [0.1, 0.15) is 51.2 Å². The summed E-state index contributed by atoms with van der Waals surface area (Å²) in [6, 6.07) is 18.3. The van der Waals surface area contributed by atoms with Crippen molar-refractivity contribution in [3.63, 3.8) is 0 Å². The van der Waals surface area contributed by atoms with E-state index in [1.54, 1.807) is 6.92 Å². The first kappa shape index (κ1) is 20.9. The Hall–Kier alpha value is -2.13. The van der Waals surface area contributed by atoms with Gasteiger partial charge in [-0.25, -0.2) is 0 Å². The lowest BCUT2D eigenvalue weighted by molar-refractivity contribution is -0.117. The third-order valence-corrected chi connectivity index (χ3v) is 3.61. The summed E-state index contributed by atoms with van der Waals surface area (Å²) in [5.74, 6) is 1.16. The zero-order chi connectivity index (χ0) is 18.3. The minimum atomic E-state index is 0.272. The van der Waals surface area contributed by atoms with Crippen LogP contribution in [-0.2, 0) is 17.9 Å². The van der Waals surface area contributed by atoms with Crippen LogP contribution in [0.5, 0.6) is 5.75 Å². The molecule has 0 radical (unpaired) electrons. The zero-order valence-corrected chi connectivity index (χ0v) is 15.8. The molecule has 0 heterocycles. The summed E-state index contributed by atoms with van der Waals surface area (Å²) < 4.78 is 5.84. The van der Waals surface area contributed by atoms with Crippen molar-refractivity contribution in [2.24, 2.45) is 0 Å².